The van der Waals surface area contributed by atoms with Crippen molar-refractivity contribution in [1.29, 1.82) is 0 Å². The Hall–Kier alpha value is -0.790. The van der Waals surface area contributed by atoms with Crippen LogP contribution in [0.15, 0.2) is 11.1 Å². The van der Waals surface area contributed by atoms with Crippen LogP contribution >= 0.6 is 0 Å². The highest BCUT2D eigenvalue weighted by atomic mass is 16.5. The van der Waals surface area contributed by atoms with Crippen LogP contribution in [0.25, 0.3) is 0 Å². The molecule has 5 aliphatic carbocycles. The molecule has 29 heavy (non-hydrogen) atoms. The van der Waals surface area contributed by atoms with Crippen LogP contribution in [0.2, 0.25) is 0 Å². The highest BCUT2D eigenvalue weighted by Gasteiger charge is 2.84. The van der Waals surface area contributed by atoms with Gasteiger partial charge in [-0.2, -0.15) is 0 Å². The van der Waals surface area contributed by atoms with Gasteiger partial charge in [0.15, 0.2) is 0 Å². The zero-order valence-corrected chi connectivity index (χ0v) is 19.9. The number of cyclic esters (lactones) is 1. The van der Waals surface area contributed by atoms with E-state index in [1.807, 2.05) is 13.8 Å². The minimum Gasteiger partial charge on any atom is -0.458 e. The van der Waals surface area contributed by atoms with E-state index in [1.165, 1.54) is 44.1 Å². The number of esters is 1. The van der Waals surface area contributed by atoms with Crippen molar-refractivity contribution >= 4 is 5.97 Å². The van der Waals surface area contributed by atoms with Gasteiger partial charge in [-0.15, -0.1) is 0 Å². The minimum atomic E-state index is 0.00624. The molecule has 0 saturated heterocycles. The lowest BCUT2D eigenvalue weighted by Crippen LogP contribution is -2.70. The Kier molecular flexibility index (Phi) is 4.11. The molecule has 4 saturated carbocycles. The summed E-state index contributed by atoms with van der Waals surface area (Å²) < 4.78 is 5.53. The van der Waals surface area contributed by atoms with Crippen molar-refractivity contribution in [3.63, 3.8) is 0 Å². The Labute approximate surface area is 178 Å². The van der Waals surface area contributed by atoms with Crippen LogP contribution in [0.3, 0.4) is 0 Å². The van der Waals surface area contributed by atoms with E-state index in [-0.39, 0.29) is 5.97 Å². The van der Waals surface area contributed by atoms with E-state index in [0.29, 0.717) is 34.2 Å². The molecule has 0 N–H and O–H groups in total. The van der Waals surface area contributed by atoms with Gasteiger partial charge in [0.2, 0.25) is 0 Å². The molecule has 0 amide bonds. The third-order valence-corrected chi connectivity index (χ3v) is 12.0. The van der Waals surface area contributed by atoms with Crippen LogP contribution in [0, 0.1) is 51.2 Å². The second-order valence-electron chi connectivity index (χ2n) is 12.0. The number of rotatable bonds is 1. The molecule has 4 unspecified atom stereocenters. The predicted molar refractivity (Wildman–Crippen MR) is 117 cm³/mol. The molecule has 2 nitrogen and oxygen atoms in total. The zero-order valence-electron chi connectivity index (χ0n) is 19.9. The highest BCUT2D eigenvalue weighted by Crippen LogP contribution is 2.91. The Morgan fingerprint density at radius 1 is 1.07 bits per heavy atom. The quantitative estimate of drug-likeness (QED) is 0.454. The maximum atomic E-state index is 12.3. The normalized spacial score (nSPS) is 54.0. The smallest absolute Gasteiger partial charge is 0.334 e. The average Bonchev–Trinajstić information content (AvgIpc) is 3.29. The Balaban J connectivity index is 0.000000882. The molecule has 6 rings (SSSR count). The van der Waals surface area contributed by atoms with Crippen LogP contribution in [-0.4, -0.2) is 12.6 Å². The molecule has 4 fully saturated rings. The fourth-order valence-electron chi connectivity index (χ4n) is 10.1. The fraction of sp³-hybridized carbons (Fsp3) is 0.889. The number of hydrogen-bond acceptors (Lipinski definition) is 2. The van der Waals surface area contributed by atoms with Gasteiger partial charge in [0.25, 0.3) is 0 Å². The summed E-state index contributed by atoms with van der Waals surface area (Å²) in [5.41, 5.74) is 4.54. The number of carbonyl (C=O) groups excluding carboxylic acids is 1. The van der Waals surface area contributed by atoms with Gasteiger partial charge < -0.3 is 4.74 Å². The molecule has 6 aliphatic rings. The fourth-order valence-corrected chi connectivity index (χ4v) is 10.1. The molecular weight excluding hydrogens is 356 g/mol. The molecule has 8 atom stereocenters. The summed E-state index contributed by atoms with van der Waals surface area (Å²) in [6, 6.07) is 0. The van der Waals surface area contributed by atoms with E-state index >= 15 is 0 Å². The summed E-state index contributed by atoms with van der Waals surface area (Å²) in [4.78, 5) is 12.3. The van der Waals surface area contributed by atoms with Gasteiger partial charge in [-0.05, 0) is 102 Å². The topological polar surface area (TPSA) is 26.3 Å². The number of ether oxygens (including phenoxy) is 1. The van der Waals surface area contributed by atoms with Gasteiger partial charge in [0.1, 0.15) is 6.61 Å². The molecule has 162 valence electrons. The first-order valence-electron chi connectivity index (χ1n) is 12.6. The minimum absolute atomic E-state index is 0.00624. The SMILES string of the molecule is CC.CC(C)[C@]1(C)CC2CCC23C2(CC2C[C@H]2C4=C(CC[C@@]23C)C(=O)OC4)[C@@H]1C. The van der Waals surface area contributed by atoms with Gasteiger partial charge in [0.05, 0.1) is 0 Å². The van der Waals surface area contributed by atoms with Crippen molar-refractivity contribution in [2.75, 3.05) is 6.61 Å². The second kappa shape index (κ2) is 5.92. The van der Waals surface area contributed by atoms with Gasteiger partial charge in [-0.3, -0.25) is 0 Å². The maximum Gasteiger partial charge on any atom is 0.334 e. The van der Waals surface area contributed by atoms with Crippen molar-refractivity contribution in [1.82, 2.24) is 0 Å². The van der Waals surface area contributed by atoms with Crippen molar-refractivity contribution in [2.45, 2.75) is 93.4 Å². The Morgan fingerprint density at radius 3 is 2.41 bits per heavy atom. The highest BCUT2D eigenvalue weighted by molar-refractivity contribution is 5.92. The second-order valence-corrected chi connectivity index (χ2v) is 12.0. The molecule has 0 aromatic carbocycles. The van der Waals surface area contributed by atoms with Crippen molar-refractivity contribution < 1.29 is 9.53 Å². The van der Waals surface area contributed by atoms with Crippen LogP contribution in [0.1, 0.15) is 93.4 Å². The largest absolute Gasteiger partial charge is 0.458 e. The van der Waals surface area contributed by atoms with Gasteiger partial charge in [-0.25, -0.2) is 4.79 Å². The van der Waals surface area contributed by atoms with Gasteiger partial charge in [-0.1, -0.05) is 48.5 Å². The lowest BCUT2D eigenvalue weighted by molar-refractivity contribution is -0.270. The van der Waals surface area contributed by atoms with E-state index < -0.39 is 0 Å². The van der Waals surface area contributed by atoms with E-state index in [2.05, 4.69) is 34.6 Å². The molecular formula is C27H42O2. The number of fused-ring (bicyclic) bond motifs is 2. The summed E-state index contributed by atoms with van der Waals surface area (Å²) in [6.45, 7) is 17.5. The van der Waals surface area contributed by atoms with E-state index in [9.17, 15) is 4.79 Å². The third kappa shape index (κ3) is 1.95. The molecule has 0 radical (unpaired) electrons. The molecule has 1 heterocycles. The van der Waals surface area contributed by atoms with Gasteiger partial charge in [0, 0.05) is 5.57 Å². The summed E-state index contributed by atoms with van der Waals surface area (Å²) in [5, 5.41) is 0. The van der Waals surface area contributed by atoms with Crippen molar-refractivity contribution in [3.05, 3.63) is 11.1 Å². The summed E-state index contributed by atoms with van der Waals surface area (Å²) in [5.74, 6) is 4.04. The van der Waals surface area contributed by atoms with Crippen LogP contribution in [0.5, 0.6) is 0 Å². The van der Waals surface area contributed by atoms with Crippen molar-refractivity contribution in [2.24, 2.45) is 51.2 Å². The molecule has 0 bridgehead atoms. The number of hydrogen-bond donors (Lipinski definition) is 0. The Morgan fingerprint density at radius 2 is 1.79 bits per heavy atom. The monoisotopic (exact) mass is 398 g/mol. The Bertz CT molecular complexity index is 779. The summed E-state index contributed by atoms with van der Waals surface area (Å²) in [7, 11) is 0. The standard InChI is InChI=1S/C25H36O2.C2H6/c1-14(2)22(4)11-16-6-9-25(16)23(5)8-7-18-19(13-27-21(18)26)20(23)10-17-12-24(17,25)15(22)3;1-2/h14-17,20H,6-13H2,1-5H3;1-2H3/t15-,16?,17?,20+,22+,23+,24?,25?;/m1./s1. The van der Waals surface area contributed by atoms with E-state index in [1.54, 1.807) is 0 Å². The van der Waals surface area contributed by atoms with E-state index in [4.69, 9.17) is 4.74 Å². The van der Waals surface area contributed by atoms with Crippen LogP contribution < -0.4 is 0 Å². The molecule has 2 spiro atoms. The predicted octanol–water partition coefficient (Wildman–Crippen LogP) is 6.79. The summed E-state index contributed by atoms with van der Waals surface area (Å²) >= 11 is 0. The first-order valence-corrected chi connectivity index (χ1v) is 12.6. The first kappa shape index (κ1) is 20.1. The van der Waals surface area contributed by atoms with Crippen LogP contribution in [0.4, 0.5) is 0 Å². The third-order valence-electron chi connectivity index (χ3n) is 12.0. The molecule has 2 heteroatoms. The van der Waals surface area contributed by atoms with Crippen molar-refractivity contribution in [3.8, 4) is 0 Å². The first-order chi connectivity index (χ1) is 13.7. The lowest BCUT2D eigenvalue weighted by Gasteiger charge is -2.76. The average molecular weight is 399 g/mol. The molecule has 1 aliphatic heterocycles. The van der Waals surface area contributed by atoms with Crippen LogP contribution in [-0.2, 0) is 9.53 Å². The number of carbonyl (C=O) groups is 1. The van der Waals surface area contributed by atoms with E-state index in [0.717, 1.165) is 35.7 Å². The maximum absolute atomic E-state index is 12.3. The summed E-state index contributed by atoms with van der Waals surface area (Å²) in [6.07, 6.45) is 9.34. The molecule has 0 aromatic heterocycles. The zero-order chi connectivity index (χ0) is 21.0. The molecule has 0 aromatic rings. The van der Waals surface area contributed by atoms with Gasteiger partial charge >= 0.3 is 5.97 Å². The lowest BCUT2D eigenvalue weighted by atomic mass is 9.28.